The summed E-state index contributed by atoms with van der Waals surface area (Å²) < 4.78 is 8.28. The first kappa shape index (κ1) is 23.6. The molecule has 3 aromatic carbocycles. The average Bonchev–Trinajstić information content (AvgIpc) is 3.20. The van der Waals surface area contributed by atoms with Gasteiger partial charge in [-0.05, 0) is 67.6 Å². The number of rotatable bonds is 11. The van der Waals surface area contributed by atoms with Gasteiger partial charge in [-0.2, -0.15) is 0 Å². The lowest BCUT2D eigenvalue weighted by molar-refractivity contribution is -0.120. The van der Waals surface area contributed by atoms with E-state index in [9.17, 15) is 4.79 Å². The number of fused-ring (bicyclic) bond motifs is 1. The third kappa shape index (κ3) is 6.25. The predicted octanol–water partition coefficient (Wildman–Crippen LogP) is 5.41. The first-order valence-electron chi connectivity index (χ1n) is 12.0. The van der Waals surface area contributed by atoms with E-state index in [1.807, 2.05) is 42.5 Å². The maximum absolute atomic E-state index is 12.2. The fraction of sp³-hybridized carbons (Fsp3) is 0.310. The molecule has 0 aliphatic carbocycles. The van der Waals surface area contributed by atoms with E-state index in [0.717, 1.165) is 54.0 Å². The van der Waals surface area contributed by atoms with Gasteiger partial charge in [0.1, 0.15) is 11.6 Å². The molecular weight excluding hydrogens is 422 g/mol. The standard InChI is InChI=1S/C29H33N3O2/c1-22-15-16-25(20-23(22)2)34-19-9-18-32-27-13-7-6-12-26(27)31-28(32)14-8-17-30-29(33)21-24-10-4-3-5-11-24/h3-7,10-13,15-16,20H,8-9,14,17-19,21H2,1-2H3,(H,30,33). The minimum atomic E-state index is 0.0585. The molecule has 0 unspecified atom stereocenters. The summed E-state index contributed by atoms with van der Waals surface area (Å²) in [5, 5.41) is 3.04. The number of carbonyl (C=O) groups excluding carboxylic acids is 1. The molecule has 0 spiro atoms. The van der Waals surface area contributed by atoms with E-state index in [-0.39, 0.29) is 5.91 Å². The van der Waals surface area contributed by atoms with Crippen LogP contribution in [0.1, 0.15) is 35.4 Å². The SMILES string of the molecule is Cc1ccc(OCCCn2c(CCCNC(=O)Cc3ccccc3)nc3ccccc32)cc1C. The number of aryl methyl sites for hydroxylation is 4. The van der Waals surface area contributed by atoms with Crippen molar-refractivity contribution in [2.24, 2.45) is 0 Å². The first-order chi connectivity index (χ1) is 16.6. The van der Waals surface area contributed by atoms with Crippen LogP contribution < -0.4 is 10.1 Å². The number of benzene rings is 3. The fourth-order valence-corrected chi connectivity index (χ4v) is 4.10. The molecule has 5 nitrogen and oxygen atoms in total. The first-order valence-corrected chi connectivity index (χ1v) is 12.0. The predicted molar refractivity (Wildman–Crippen MR) is 137 cm³/mol. The van der Waals surface area contributed by atoms with Crippen LogP contribution in [0.2, 0.25) is 0 Å². The zero-order valence-corrected chi connectivity index (χ0v) is 20.1. The number of carbonyl (C=O) groups is 1. The molecule has 1 aromatic heterocycles. The molecule has 0 saturated heterocycles. The van der Waals surface area contributed by atoms with Crippen molar-refractivity contribution in [3.8, 4) is 5.75 Å². The van der Waals surface area contributed by atoms with Gasteiger partial charge >= 0.3 is 0 Å². The van der Waals surface area contributed by atoms with Crippen LogP contribution in [0.5, 0.6) is 5.75 Å². The second kappa shape index (κ2) is 11.5. The highest BCUT2D eigenvalue weighted by Gasteiger charge is 2.11. The number of amides is 1. The number of para-hydroxylation sites is 2. The van der Waals surface area contributed by atoms with Crippen molar-refractivity contribution < 1.29 is 9.53 Å². The quantitative estimate of drug-likeness (QED) is 0.308. The molecule has 1 amide bonds. The number of hydrogen-bond acceptors (Lipinski definition) is 3. The molecule has 0 aliphatic rings. The molecule has 0 radical (unpaired) electrons. The van der Waals surface area contributed by atoms with Gasteiger partial charge in [-0.25, -0.2) is 4.98 Å². The smallest absolute Gasteiger partial charge is 0.224 e. The number of ether oxygens (including phenoxy) is 1. The molecule has 4 rings (SSSR count). The van der Waals surface area contributed by atoms with Gasteiger partial charge < -0.3 is 14.6 Å². The van der Waals surface area contributed by atoms with Crippen LogP contribution in [0.4, 0.5) is 0 Å². The van der Waals surface area contributed by atoms with Crippen LogP contribution in [0.3, 0.4) is 0 Å². The second-order valence-electron chi connectivity index (χ2n) is 8.73. The van der Waals surface area contributed by atoms with E-state index in [2.05, 4.69) is 54.1 Å². The van der Waals surface area contributed by atoms with Crippen molar-refractivity contribution in [1.82, 2.24) is 14.9 Å². The molecule has 5 heteroatoms. The number of hydrogen-bond donors (Lipinski definition) is 1. The summed E-state index contributed by atoms with van der Waals surface area (Å²) in [7, 11) is 0. The van der Waals surface area contributed by atoms with Crippen molar-refractivity contribution >= 4 is 16.9 Å². The van der Waals surface area contributed by atoms with Gasteiger partial charge in [-0.1, -0.05) is 48.5 Å². The van der Waals surface area contributed by atoms with Crippen LogP contribution in [0, 0.1) is 13.8 Å². The molecule has 176 valence electrons. The monoisotopic (exact) mass is 455 g/mol. The third-order valence-electron chi connectivity index (χ3n) is 6.11. The Kier molecular flexibility index (Phi) is 7.97. The maximum atomic E-state index is 12.2. The number of nitrogens with zero attached hydrogens (tertiary/aromatic N) is 2. The Morgan fingerprint density at radius 3 is 2.56 bits per heavy atom. The van der Waals surface area contributed by atoms with Gasteiger partial charge in [0.2, 0.25) is 5.91 Å². The normalized spacial score (nSPS) is 11.0. The van der Waals surface area contributed by atoms with Crippen LogP contribution >= 0.6 is 0 Å². The van der Waals surface area contributed by atoms with E-state index in [0.29, 0.717) is 19.6 Å². The molecule has 0 saturated carbocycles. The summed E-state index contributed by atoms with van der Waals surface area (Å²) in [5.41, 5.74) is 5.72. The number of aromatic nitrogens is 2. The van der Waals surface area contributed by atoms with Crippen LogP contribution in [0.25, 0.3) is 11.0 Å². The molecule has 34 heavy (non-hydrogen) atoms. The summed E-state index contributed by atoms with van der Waals surface area (Å²) in [6.07, 6.45) is 2.98. The Labute approximate surface area is 201 Å². The van der Waals surface area contributed by atoms with Crippen LogP contribution in [-0.4, -0.2) is 28.6 Å². The number of nitrogens with one attached hydrogen (secondary N) is 1. The van der Waals surface area contributed by atoms with Gasteiger partial charge in [-0.3, -0.25) is 4.79 Å². The Morgan fingerprint density at radius 1 is 0.941 bits per heavy atom. The highest BCUT2D eigenvalue weighted by molar-refractivity contribution is 5.78. The lowest BCUT2D eigenvalue weighted by Gasteiger charge is -2.11. The topological polar surface area (TPSA) is 56.1 Å². The number of imidazole rings is 1. The minimum absolute atomic E-state index is 0.0585. The lowest BCUT2D eigenvalue weighted by Crippen LogP contribution is -2.26. The van der Waals surface area contributed by atoms with Gasteiger partial charge in [0.25, 0.3) is 0 Å². The Hall–Kier alpha value is -3.60. The minimum Gasteiger partial charge on any atom is -0.494 e. The molecule has 1 N–H and O–H groups in total. The van der Waals surface area contributed by atoms with E-state index >= 15 is 0 Å². The van der Waals surface area contributed by atoms with Crippen molar-refractivity contribution in [3.05, 3.63) is 95.3 Å². The van der Waals surface area contributed by atoms with Gasteiger partial charge in [0.05, 0.1) is 24.1 Å². The lowest BCUT2D eigenvalue weighted by atomic mass is 10.1. The highest BCUT2D eigenvalue weighted by Crippen LogP contribution is 2.19. The Morgan fingerprint density at radius 2 is 1.74 bits per heavy atom. The van der Waals surface area contributed by atoms with Crippen molar-refractivity contribution in [2.45, 2.75) is 46.1 Å². The second-order valence-corrected chi connectivity index (χ2v) is 8.73. The van der Waals surface area contributed by atoms with Crippen molar-refractivity contribution in [1.29, 1.82) is 0 Å². The van der Waals surface area contributed by atoms with E-state index in [1.54, 1.807) is 0 Å². The molecule has 0 fully saturated rings. The summed E-state index contributed by atoms with van der Waals surface area (Å²) in [6, 6.07) is 24.3. The summed E-state index contributed by atoms with van der Waals surface area (Å²) in [5.74, 6) is 2.04. The van der Waals surface area contributed by atoms with Crippen LogP contribution in [-0.2, 0) is 24.2 Å². The molecule has 1 heterocycles. The van der Waals surface area contributed by atoms with E-state index < -0.39 is 0 Å². The summed E-state index contributed by atoms with van der Waals surface area (Å²) in [6.45, 7) is 6.37. The summed E-state index contributed by atoms with van der Waals surface area (Å²) >= 11 is 0. The van der Waals surface area contributed by atoms with Crippen molar-refractivity contribution in [3.63, 3.8) is 0 Å². The molecular formula is C29H33N3O2. The summed E-state index contributed by atoms with van der Waals surface area (Å²) in [4.78, 5) is 17.1. The zero-order chi connectivity index (χ0) is 23.8. The molecule has 0 atom stereocenters. The van der Waals surface area contributed by atoms with Gasteiger partial charge in [0.15, 0.2) is 0 Å². The van der Waals surface area contributed by atoms with E-state index in [1.165, 1.54) is 11.1 Å². The average molecular weight is 456 g/mol. The Bertz CT molecular complexity index is 1230. The van der Waals surface area contributed by atoms with Gasteiger partial charge in [0, 0.05) is 19.5 Å². The zero-order valence-electron chi connectivity index (χ0n) is 20.1. The molecule has 0 bridgehead atoms. The third-order valence-corrected chi connectivity index (χ3v) is 6.11. The maximum Gasteiger partial charge on any atom is 0.224 e. The largest absolute Gasteiger partial charge is 0.494 e. The molecule has 4 aromatic rings. The highest BCUT2D eigenvalue weighted by atomic mass is 16.5. The van der Waals surface area contributed by atoms with Gasteiger partial charge in [-0.15, -0.1) is 0 Å². The Balaban J connectivity index is 1.29. The molecule has 0 aliphatic heterocycles. The fourth-order valence-electron chi connectivity index (χ4n) is 4.10. The van der Waals surface area contributed by atoms with Crippen LogP contribution in [0.15, 0.2) is 72.8 Å². The van der Waals surface area contributed by atoms with Crippen molar-refractivity contribution in [2.75, 3.05) is 13.2 Å². The van der Waals surface area contributed by atoms with E-state index in [4.69, 9.17) is 9.72 Å².